The van der Waals surface area contributed by atoms with Crippen LogP contribution in [-0.2, 0) is 6.54 Å². The van der Waals surface area contributed by atoms with Gasteiger partial charge in [-0.25, -0.2) is 9.38 Å². The topological polar surface area (TPSA) is 77.0 Å². The Hall–Kier alpha value is -3.87. The Balaban J connectivity index is 1.85. The molecule has 4 aromatic rings. The molecule has 6 nitrogen and oxygen atoms in total. The van der Waals surface area contributed by atoms with Crippen LogP contribution in [0.2, 0.25) is 0 Å². The molecule has 0 spiro atoms. The van der Waals surface area contributed by atoms with Crippen LogP contribution in [0.5, 0.6) is 5.75 Å². The van der Waals surface area contributed by atoms with Crippen molar-refractivity contribution in [1.82, 2.24) is 5.32 Å². The number of aryl methyl sites for hydroxylation is 1. The summed E-state index contributed by atoms with van der Waals surface area (Å²) < 4.78 is 30.1. The van der Waals surface area contributed by atoms with Crippen LogP contribution in [0.4, 0.5) is 10.1 Å². The van der Waals surface area contributed by atoms with Crippen LogP contribution < -0.4 is 15.6 Å². The number of rotatable bonds is 5. The van der Waals surface area contributed by atoms with Crippen molar-refractivity contribution in [2.24, 2.45) is 4.99 Å². The molecule has 0 aliphatic carbocycles. The molecule has 0 bridgehead atoms. The van der Waals surface area contributed by atoms with Crippen molar-refractivity contribution in [3.8, 4) is 5.75 Å². The average Bonchev–Trinajstić information content (AvgIpc) is 3.26. The molecule has 4 rings (SSSR count). The number of fused-ring (bicyclic) bond motifs is 1. The summed E-state index contributed by atoms with van der Waals surface area (Å²) >= 11 is 0. The van der Waals surface area contributed by atoms with E-state index in [1.54, 1.807) is 31.2 Å². The highest BCUT2D eigenvalue weighted by Crippen LogP contribution is 2.25. The van der Waals surface area contributed by atoms with Crippen LogP contribution in [0.3, 0.4) is 0 Å². The van der Waals surface area contributed by atoms with E-state index in [0.717, 1.165) is 0 Å². The molecule has 0 aliphatic heterocycles. The third kappa shape index (κ3) is 3.96. The molecule has 2 heterocycles. The van der Waals surface area contributed by atoms with Gasteiger partial charge in [-0.2, -0.15) is 0 Å². The summed E-state index contributed by atoms with van der Waals surface area (Å²) in [6.45, 7) is 1.96. The molecular formula is C23H19FN2O4. The van der Waals surface area contributed by atoms with E-state index in [1.165, 1.54) is 31.6 Å². The molecule has 2 aromatic heterocycles. The first kappa shape index (κ1) is 19.4. The first-order valence-corrected chi connectivity index (χ1v) is 9.27. The molecule has 2 aromatic carbocycles. The van der Waals surface area contributed by atoms with Gasteiger partial charge in [-0.05, 0) is 55.0 Å². The van der Waals surface area contributed by atoms with Crippen molar-refractivity contribution in [3.05, 3.63) is 89.1 Å². The van der Waals surface area contributed by atoms with Gasteiger partial charge in [-0.15, -0.1) is 0 Å². The van der Waals surface area contributed by atoms with E-state index in [4.69, 9.17) is 13.6 Å². The number of benzene rings is 2. The number of ether oxygens (including phenoxy) is 1. The molecule has 0 fully saturated rings. The van der Waals surface area contributed by atoms with Crippen molar-refractivity contribution in [1.29, 1.82) is 0 Å². The van der Waals surface area contributed by atoms with E-state index in [2.05, 4.69) is 10.3 Å². The normalized spacial score (nSPS) is 11.6. The van der Waals surface area contributed by atoms with Crippen LogP contribution in [-0.4, -0.2) is 13.0 Å². The SMILES string of the molecule is COc1cccc2cc(C(=O)NCc3ccco3)c(=Nc3ccc(F)cc3C)oc12. The summed E-state index contributed by atoms with van der Waals surface area (Å²) in [6.07, 6.45) is 1.54. The van der Waals surface area contributed by atoms with Gasteiger partial charge in [0.1, 0.15) is 17.1 Å². The second-order valence-electron chi connectivity index (χ2n) is 6.65. The standard InChI is InChI=1S/C23H19FN2O4/c1-14-11-16(24)8-9-19(14)26-23-18(22(27)25-13-17-6-4-10-29-17)12-15-5-3-7-20(28-2)21(15)30-23/h3-12H,13H2,1-2H3,(H,25,27). The highest BCUT2D eigenvalue weighted by Gasteiger charge is 2.15. The lowest BCUT2D eigenvalue weighted by Gasteiger charge is -2.08. The number of nitrogens with zero attached hydrogens (tertiary/aromatic N) is 1. The van der Waals surface area contributed by atoms with E-state index in [9.17, 15) is 9.18 Å². The zero-order valence-corrected chi connectivity index (χ0v) is 16.4. The number of para-hydroxylation sites is 1. The summed E-state index contributed by atoms with van der Waals surface area (Å²) in [4.78, 5) is 17.4. The van der Waals surface area contributed by atoms with Crippen LogP contribution in [0, 0.1) is 12.7 Å². The third-order valence-corrected chi connectivity index (χ3v) is 4.59. The Morgan fingerprint density at radius 3 is 2.77 bits per heavy atom. The molecule has 0 atom stereocenters. The average molecular weight is 406 g/mol. The predicted molar refractivity (Wildman–Crippen MR) is 109 cm³/mol. The summed E-state index contributed by atoms with van der Waals surface area (Å²) in [5.74, 6) is 0.399. The van der Waals surface area contributed by atoms with Gasteiger partial charge in [0.15, 0.2) is 11.3 Å². The van der Waals surface area contributed by atoms with Crippen LogP contribution >= 0.6 is 0 Å². The zero-order chi connectivity index (χ0) is 21.1. The van der Waals surface area contributed by atoms with Crippen molar-refractivity contribution in [3.63, 3.8) is 0 Å². The summed E-state index contributed by atoms with van der Waals surface area (Å²) in [6, 6.07) is 14.8. The Morgan fingerprint density at radius 2 is 2.03 bits per heavy atom. The summed E-state index contributed by atoms with van der Waals surface area (Å²) in [7, 11) is 1.54. The Labute approximate surface area is 171 Å². The van der Waals surface area contributed by atoms with Gasteiger partial charge >= 0.3 is 0 Å². The van der Waals surface area contributed by atoms with Gasteiger partial charge in [0.25, 0.3) is 5.91 Å². The minimum absolute atomic E-state index is 0.0960. The van der Waals surface area contributed by atoms with Gasteiger partial charge in [-0.1, -0.05) is 12.1 Å². The largest absolute Gasteiger partial charge is 0.493 e. The third-order valence-electron chi connectivity index (χ3n) is 4.59. The molecule has 0 radical (unpaired) electrons. The zero-order valence-electron chi connectivity index (χ0n) is 16.4. The minimum atomic E-state index is -0.376. The fourth-order valence-electron chi connectivity index (χ4n) is 3.06. The lowest BCUT2D eigenvalue weighted by Crippen LogP contribution is -2.28. The van der Waals surface area contributed by atoms with Gasteiger partial charge in [-0.3, -0.25) is 4.79 Å². The number of nitrogens with one attached hydrogen (secondary N) is 1. The smallest absolute Gasteiger partial charge is 0.257 e. The number of methoxy groups -OCH3 is 1. The maximum Gasteiger partial charge on any atom is 0.257 e. The molecule has 152 valence electrons. The molecule has 0 saturated carbocycles. The first-order valence-electron chi connectivity index (χ1n) is 9.27. The number of furan rings is 1. The summed E-state index contributed by atoms with van der Waals surface area (Å²) in [5.41, 5.74) is 1.91. The maximum absolute atomic E-state index is 13.5. The molecular weight excluding hydrogens is 387 g/mol. The quantitative estimate of drug-likeness (QED) is 0.524. The Morgan fingerprint density at radius 1 is 1.17 bits per heavy atom. The lowest BCUT2D eigenvalue weighted by atomic mass is 10.1. The monoisotopic (exact) mass is 406 g/mol. The second kappa shape index (κ2) is 8.24. The van der Waals surface area contributed by atoms with E-state index in [-0.39, 0.29) is 29.4 Å². The highest BCUT2D eigenvalue weighted by molar-refractivity contribution is 5.97. The van der Waals surface area contributed by atoms with Gasteiger partial charge in [0, 0.05) is 5.39 Å². The molecule has 0 unspecified atom stereocenters. The fraction of sp³-hybridized carbons (Fsp3) is 0.130. The van der Waals surface area contributed by atoms with Gasteiger partial charge < -0.3 is 18.9 Å². The van der Waals surface area contributed by atoms with Crippen molar-refractivity contribution < 1.29 is 22.8 Å². The molecule has 7 heteroatoms. The number of hydrogen-bond donors (Lipinski definition) is 1. The fourth-order valence-corrected chi connectivity index (χ4v) is 3.06. The molecule has 0 saturated heterocycles. The number of amides is 1. The second-order valence-corrected chi connectivity index (χ2v) is 6.65. The van der Waals surface area contributed by atoms with E-state index >= 15 is 0 Å². The minimum Gasteiger partial charge on any atom is -0.493 e. The van der Waals surface area contributed by atoms with Crippen LogP contribution in [0.25, 0.3) is 11.0 Å². The van der Waals surface area contributed by atoms with E-state index in [1.807, 2.05) is 12.1 Å². The van der Waals surface area contributed by atoms with Crippen LogP contribution in [0.15, 0.2) is 74.7 Å². The number of carbonyl (C=O) groups is 1. The predicted octanol–water partition coefficient (Wildman–Crippen LogP) is 4.64. The van der Waals surface area contributed by atoms with Crippen molar-refractivity contribution >= 4 is 22.6 Å². The molecule has 1 N–H and O–H groups in total. The lowest BCUT2D eigenvalue weighted by molar-refractivity contribution is 0.0944. The Bertz CT molecular complexity index is 1280. The highest BCUT2D eigenvalue weighted by atomic mass is 19.1. The van der Waals surface area contributed by atoms with Gasteiger partial charge in [0.05, 0.1) is 25.6 Å². The van der Waals surface area contributed by atoms with Gasteiger partial charge in [0.2, 0.25) is 5.55 Å². The van der Waals surface area contributed by atoms with E-state index in [0.29, 0.717) is 33.7 Å². The number of hydrogen-bond acceptors (Lipinski definition) is 5. The molecule has 0 aliphatic rings. The summed E-state index contributed by atoms with van der Waals surface area (Å²) in [5, 5.41) is 3.49. The van der Waals surface area contributed by atoms with Crippen LogP contribution in [0.1, 0.15) is 21.7 Å². The molecule has 1 amide bonds. The Kier molecular flexibility index (Phi) is 5.34. The van der Waals surface area contributed by atoms with E-state index < -0.39 is 0 Å². The van der Waals surface area contributed by atoms with Crippen molar-refractivity contribution in [2.45, 2.75) is 13.5 Å². The number of halogens is 1. The maximum atomic E-state index is 13.5. The number of carbonyl (C=O) groups excluding carboxylic acids is 1. The van der Waals surface area contributed by atoms with Crippen molar-refractivity contribution in [2.75, 3.05) is 7.11 Å². The molecule has 30 heavy (non-hydrogen) atoms. The first-order chi connectivity index (χ1) is 14.5.